The molecule has 13 heavy (non-hydrogen) atoms. The maximum atomic E-state index is 11.8. The summed E-state index contributed by atoms with van der Waals surface area (Å²) in [5, 5.41) is 3.25. The zero-order valence-corrected chi connectivity index (χ0v) is 9.40. The molecule has 0 spiro atoms. The van der Waals surface area contributed by atoms with Gasteiger partial charge >= 0.3 is 0 Å². The molecule has 1 atom stereocenters. The van der Waals surface area contributed by atoms with Crippen molar-refractivity contribution in [1.82, 2.24) is 9.74 Å². The van der Waals surface area contributed by atoms with Crippen LogP contribution in [0.5, 0.6) is 0 Å². The Morgan fingerprint density at radius 2 is 2.00 bits per heavy atom. The number of carbonyl (C=O) groups excluding carboxylic acids is 1. The fourth-order valence-corrected chi connectivity index (χ4v) is 2.15. The molecule has 1 aliphatic rings. The second-order valence-corrected chi connectivity index (χ2v) is 4.69. The minimum absolute atomic E-state index is 0.0268. The summed E-state index contributed by atoms with van der Waals surface area (Å²) in [6.45, 7) is 7.77. The predicted octanol–water partition coefficient (Wildman–Crippen LogP) is 1.87. The fourth-order valence-electron chi connectivity index (χ4n) is 1.92. The highest BCUT2D eigenvalue weighted by Crippen LogP contribution is 2.32. The third kappa shape index (κ3) is 1.67. The molecule has 1 amide bonds. The second kappa shape index (κ2) is 3.14. The molecule has 1 aliphatic heterocycles. The van der Waals surface area contributed by atoms with Gasteiger partial charge in [0.25, 0.3) is 5.91 Å². The lowest BCUT2D eigenvalue weighted by Crippen LogP contribution is -2.48. The summed E-state index contributed by atoms with van der Waals surface area (Å²) in [6, 6.07) is 0. The van der Waals surface area contributed by atoms with Gasteiger partial charge in [-0.25, -0.2) is 4.42 Å². The maximum absolute atomic E-state index is 11.8. The minimum atomic E-state index is -0.486. The van der Waals surface area contributed by atoms with Gasteiger partial charge in [-0.15, -0.1) is 0 Å². The van der Waals surface area contributed by atoms with Crippen LogP contribution in [0.1, 0.15) is 40.5 Å². The molecule has 1 unspecified atom stereocenters. The van der Waals surface area contributed by atoms with E-state index < -0.39 is 11.2 Å². The van der Waals surface area contributed by atoms with E-state index in [-0.39, 0.29) is 5.91 Å². The van der Waals surface area contributed by atoms with Gasteiger partial charge in [-0.3, -0.25) is 10.1 Å². The Morgan fingerprint density at radius 3 is 2.31 bits per heavy atom. The third-order valence-electron chi connectivity index (χ3n) is 2.47. The molecule has 0 bridgehead atoms. The highest BCUT2D eigenvalue weighted by Gasteiger charge is 2.51. The van der Waals surface area contributed by atoms with Gasteiger partial charge in [0.1, 0.15) is 5.66 Å². The van der Waals surface area contributed by atoms with E-state index in [4.69, 9.17) is 11.8 Å². The molecule has 0 radical (unpaired) electrons. The SMILES string of the molecule is CCCC1(C)NC(C)(C)N(Cl)C1=O. The molecular weight excluding hydrogens is 188 g/mol. The molecule has 3 nitrogen and oxygen atoms in total. The van der Waals surface area contributed by atoms with Crippen molar-refractivity contribution in [2.45, 2.75) is 51.7 Å². The highest BCUT2D eigenvalue weighted by atomic mass is 35.5. The molecular formula is C9H17ClN2O. The first-order valence-electron chi connectivity index (χ1n) is 4.63. The lowest BCUT2D eigenvalue weighted by Gasteiger charge is -2.25. The molecule has 1 N–H and O–H groups in total. The molecule has 76 valence electrons. The smallest absolute Gasteiger partial charge is 0.258 e. The average molecular weight is 205 g/mol. The van der Waals surface area contributed by atoms with Crippen molar-refractivity contribution in [3.63, 3.8) is 0 Å². The molecule has 4 heteroatoms. The first kappa shape index (κ1) is 10.8. The van der Waals surface area contributed by atoms with E-state index in [1.807, 2.05) is 20.8 Å². The first-order valence-corrected chi connectivity index (χ1v) is 4.97. The molecule has 1 rings (SSSR count). The first-order chi connectivity index (χ1) is 5.83. The Kier molecular flexibility index (Phi) is 2.61. The zero-order valence-electron chi connectivity index (χ0n) is 8.65. The van der Waals surface area contributed by atoms with Gasteiger partial charge in [0.05, 0.1) is 5.54 Å². The van der Waals surface area contributed by atoms with Crippen LogP contribution in [0.15, 0.2) is 0 Å². The highest BCUT2D eigenvalue weighted by molar-refractivity contribution is 6.23. The van der Waals surface area contributed by atoms with Gasteiger partial charge in [0, 0.05) is 11.8 Å². The number of rotatable bonds is 2. The largest absolute Gasteiger partial charge is 0.280 e. The van der Waals surface area contributed by atoms with E-state index in [2.05, 4.69) is 12.2 Å². The number of nitrogens with zero attached hydrogens (tertiary/aromatic N) is 1. The van der Waals surface area contributed by atoms with Crippen molar-refractivity contribution in [3.8, 4) is 0 Å². The van der Waals surface area contributed by atoms with Crippen LogP contribution in [-0.2, 0) is 4.79 Å². The van der Waals surface area contributed by atoms with E-state index in [0.717, 1.165) is 12.8 Å². The molecule has 0 aromatic rings. The van der Waals surface area contributed by atoms with E-state index in [9.17, 15) is 4.79 Å². The summed E-state index contributed by atoms with van der Waals surface area (Å²) >= 11 is 5.90. The molecule has 1 fully saturated rings. The van der Waals surface area contributed by atoms with E-state index in [1.165, 1.54) is 4.42 Å². The summed E-state index contributed by atoms with van der Waals surface area (Å²) in [7, 11) is 0. The van der Waals surface area contributed by atoms with Crippen LogP contribution < -0.4 is 5.32 Å². The summed E-state index contributed by atoms with van der Waals surface area (Å²) < 4.78 is 1.27. The van der Waals surface area contributed by atoms with Crippen LogP contribution in [0.2, 0.25) is 0 Å². The summed E-state index contributed by atoms with van der Waals surface area (Å²) in [5.74, 6) is -0.0268. The van der Waals surface area contributed by atoms with Crippen molar-refractivity contribution in [1.29, 1.82) is 0 Å². The summed E-state index contributed by atoms with van der Waals surface area (Å²) in [4.78, 5) is 11.8. The molecule has 0 saturated carbocycles. The second-order valence-electron chi connectivity index (χ2n) is 4.35. The Morgan fingerprint density at radius 1 is 1.46 bits per heavy atom. The van der Waals surface area contributed by atoms with Crippen LogP contribution in [0.3, 0.4) is 0 Å². The Hall–Kier alpha value is -0.280. The zero-order chi connectivity index (χ0) is 10.3. The van der Waals surface area contributed by atoms with Crippen LogP contribution in [0, 0.1) is 0 Å². The van der Waals surface area contributed by atoms with Crippen molar-refractivity contribution >= 4 is 17.7 Å². The van der Waals surface area contributed by atoms with Crippen LogP contribution in [0.4, 0.5) is 0 Å². The van der Waals surface area contributed by atoms with Crippen LogP contribution in [0.25, 0.3) is 0 Å². The normalized spacial score (nSPS) is 32.7. The number of halogens is 1. The van der Waals surface area contributed by atoms with Gasteiger partial charge in [-0.05, 0) is 27.2 Å². The van der Waals surface area contributed by atoms with Crippen molar-refractivity contribution in [3.05, 3.63) is 0 Å². The van der Waals surface area contributed by atoms with E-state index >= 15 is 0 Å². The Bertz CT molecular complexity index is 230. The Labute approximate surface area is 84.5 Å². The van der Waals surface area contributed by atoms with Gasteiger partial charge in [0.2, 0.25) is 0 Å². The molecule has 1 heterocycles. The number of nitrogens with one attached hydrogen (secondary N) is 1. The summed E-state index contributed by atoms with van der Waals surface area (Å²) in [6.07, 6.45) is 1.79. The van der Waals surface area contributed by atoms with Gasteiger partial charge in [-0.1, -0.05) is 13.3 Å². The third-order valence-corrected chi connectivity index (χ3v) is 3.05. The van der Waals surface area contributed by atoms with Crippen LogP contribution >= 0.6 is 11.8 Å². The number of hydrogen-bond acceptors (Lipinski definition) is 2. The number of hydrogen-bond donors (Lipinski definition) is 1. The maximum Gasteiger partial charge on any atom is 0.258 e. The number of amides is 1. The quantitative estimate of drug-likeness (QED) is 0.697. The Balaban J connectivity index is 2.88. The van der Waals surface area contributed by atoms with Gasteiger partial charge in [-0.2, -0.15) is 0 Å². The molecule has 0 aromatic heterocycles. The van der Waals surface area contributed by atoms with Gasteiger partial charge in [0.15, 0.2) is 0 Å². The monoisotopic (exact) mass is 204 g/mol. The van der Waals surface area contributed by atoms with Crippen molar-refractivity contribution < 1.29 is 4.79 Å². The number of carbonyl (C=O) groups is 1. The standard InChI is InChI=1S/C9H17ClN2O/c1-5-6-9(4)7(13)12(10)8(2,3)11-9/h11H,5-6H2,1-4H3. The van der Waals surface area contributed by atoms with Crippen molar-refractivity contribution in [2.75, 3.05) is 0 Å². The van der Waals surface area contributed by atoms with E-state index in [1.54, 1.807) is 0 Å². The lowest BCUT2D eigenvalue weighted by atomic mass is 9.96. The lowest BCUT2D eigenvalue weighted by molar-refractivity contribution is -0.129. The topological polar surface area (TPSA) is 32.3 Å². The van der Waals surface area contributed by atoms with Crippen molar-refractivity contribution in [2.24, 2.45) is 0 Å². The predicted molar refractivity (Wildman–Crippen MR) is 53.2 cm³/mol. The van der Waals surface area contributed by atoms with Gasteiger partial charge < -0.3 is 0 Å². The minimum Gasteiger partial charge on any atom is -0.280 e. The summed E-state index contributed by atoms with van der Waals surface area (Å²) in [5.41, 5.74) is -0.928. The molecule has 0 aliphatic carbocycles. The molecule has 0 aromatic carbocycles. The average Bonchev–Trinajstić information content (AvgIpc) is 2.13. The fraction of sp³-hybridized carbons (Fsp3) is 0.889. The van der Waals surface area contributed by atoms with E-state index in [0.29, 0.717) is 0 Å². The molecule has 1 saturated heterocycles. The van der Waals surface area contributed by atoms with Crippen LogP contribution in [-0.4, -0.2) is 21.5 Å².